The Hall–Kier alpha value is -0.650. The maximum absolute atomic E-state index is 13.7. The lowest BCUT2D eigenvalue weighted by Crippen LogP contribution is -2.47. The van der Waals surface area contributed by atoms with Crippen LogP contribution in [0.4, 0.5) is 4.39 Å². The van der Waals surface area contributed by atoms with Crippen molar-refractivity contribution in [3.63, 3.8) is 0 Å². The van der Waals surface area contributed by atoms with E-state index in [9.17, 15) is 9.18 Å². The number of carbonyl (C=O) groups is 1. The number of rotatable bonds is 2. The van der Waals surface area contributed by atoms with E-state index < -0.39 is 5.82 Å². The van der Waals surface area contributed by atoms with Gasteiger partial charge in [-0.2, -0.15) is 0 Å². The van der Waals surface area contributed by atoms with Crippen LogP contribution in [-0.4, -0.2) is 37.0 Å². The van der Waals surface area contributed by atoms with Gasteiger partial charge in [-0.05, 0) is 38.1 Å². The summed E-state index contributed by atoms with van der Waals surface area (Å²) in [6, 6.07) is 4.86. The summed E-state index contributed by atoms with van der Waals surface area (Å²) < 4.78 is 14.4. The van der Waals surface area contributed by atoms with Crippen LogP contribution in [-0.2, 0) is 0 Å². The molecule has 1 fully saturated rings. The van der Waals surface area contributed by atoms with Gasteiger partial charge < -0.3 is 10.2 Å². The second-order valence-electron chi connectivity index (χ2n) is 4.50. The second kappa shape index (κ2) is 7.22. The summed E-state index contributed by atoms with van der Waals surface area (Å²) in [4.78, 5) is 14.0. The normalized spacial score (nSPS) is 18.9. The molecule has 1 aromatic rings. The average Bonchev–Trinajstić information content (AvgIpc) is 2.38. The molecule has 1 N–H and O–H groups in total. The number of likely N-dealkylation sites (tertiary alicyclic amines) is 1. The third kappa shape index (κ3) is 3.91. The van der Waals surface area contributed by atoms with E-state index in [2.05, 4.69) is 21.2 Å². The number of benzene rings is 1. The zero-order valence-electron chi connectivity index (χ0n) is 10.7. The first kappa shape index (κ1) is 16.4. The quantitative estimate of drug-likeness (QED) is 0.888. The fourth-order valence-electron chi connectivity index (χ4n) is 2.23. The number of carbonyl (C=O) groups excluding carboxylic acids is 1. The van der Waals surface area contributed by atoms with Crippen LogP contribution in [0.5, 0.6) is 0 Å². The third-order valence-electron chi connectivity index (χ3n) is 3.28. The molecule has 0 bridgehead atoms. The summed E-state index contributed by atoms with van der Waals surface area (Å²) in [5.41, 5.74) is 0.148. The fraction of sp³-hybridized carbons (Fsp3) is 0.462. The van der Waals surface area contributed by atoms with Gasteiger partial charge in [-0.15, -0.1) is 12.4 Å². The van der Waals surface area contributed by atoms with Gasteiger partial charge in [0.05, 0.1) is 5.56 Å². The molecule has 1 amide bonds. The molecule has 1 aromatic carbocycles. The van der Waals surface area contributed by atoms with Crippen LogP contribution in [0, 0.1) is 5.82 Å². The van der Waals surface area contributed by atoms with Crippen LogP contribution in [0.15, 0.2) is 22.7 Å². The minimum atomic E-state index is -0.471. The van der Waals surface area contributed by atoms with Crippen molar-refractivity contribution < 1.29 is 9.18 Å². The molecule has 1 aliphatic rings. The van der Waals surface area contributed by atoms with E-state index in [4.69, 9.17) is 0 Å². The number of piperidine rings is 1. The first-order valence-electron chi connectivity index (χ1n) is 6.03. The van der Waals surface area contributed by atoms with Gasteiger partial charge in [0, 0.05) is 23.6 Å². The van der Waals surface area contributed by atoms with Crippen molar-refractivity contribution in [1.82, 2.24) is 10.2 Å². The van der Waals surface area contributed by atoms with Crippen LogP contribution in [0.3, 0.4) is 0 Å². The molecule has 0 radical (unpaired) electrons. The number of hydrogen-bond donors (Lipinski definition) is 1. The zero-order chi connectivity index (χ0) is 13.1. The molecule has 0 spiro atoms. The van der Waals surface area contributed by atoms with Crippen molar-refractivity contribution in [2.24, 2.45) is 0 Å². The number of hydrogen-bond acceptors (Lipinski definition) is 2. The minimum Gasteiger partial charge on any atom is -0.337 e. The summed E-state index contributed by atoms with van der Waals surface area (Å²) in [6.45, 7) is 1.34. The van der Waals surface area contributed by atoms with E-state index in [0.717, 1.165) is 12.8 Å². The van der Waals surface area contributed by atoms with Gasteiger partial charge in [-0.1, -0.05) is 15.9 Å². The lowest BCUT2D eigenvalue weighted by Gasteiger charge is -2.32. The summed E-state index contributed by atoms with van der Waals surface area (Å²) in [6.07, 6.45) is 2.01. The zero-order valence-corrected chi connectivity index (χ0v) is 13.1. The Labute approximate surface area is 127 Å². The predicted molar refractivity (Wildman–Crippen MR) is 79.3 cm³/mol. The highest BCUT2D eigenvalue weighted by atomic mass is 79.9. The highest BCUT2D eigenvalue weighted by molar-refractivity contribution is 9.10. The summed E-state index contributed by atoms with van der Waals surface area (Å²) in [5, 5.41) is 3.17. The van der Waals surface area contributed by atoms with E-state index in [0.29, 0.717) is 23.6 Å². The van der Waals surface area contributed by atoms with Crippen LogP contribution in [0.1, 0.15) is 23.2 Å². The monoisotopic (exact) mass is 350 g/mol. The molecule has 2 rings (SSSR count). The molecular weight excluding hydrogens is 335 g/mol. The smallest absolute Gasteiger partial charge is 0.256 e. The standard InChI is InChI=1S/C13H16BrFN2O.ClH/c1-16-10-3-2-6-17(8-10)13(18)11-5-4-9(14)7-12(11)15;/h4-5,7,10,16H,2-3,6,8H2,1H3;1H. The van der Waals surface area contributed by atoms with E-state index in [1.165, 1.54) is 12.1 Å². The number of nitrogens with zero attached hydrogens (tertiary/aromatic N) is 1. The third-order valence-corrected chi connectivity index (χ3v) is 3.77. The largest absolute Gasteiger partial charge is 0.337 e. The van der Waals surface area contributed by atoms with Crippen molar-refractivity contribution in [3.8, 4) is 0 Å². The molecule has 1 unspecified atom stereocenters. The molecule has 1 atom stereocenters. The van der Waals surface area contributed by atoms with Gasteiger partial charge in [-0.3, -0.25) is 4.79 Å². The number of nitrogens with one attached hydrogen (secondary N) is 1. The van der Waals surface area contributed by atoms with Crippen molar-refractivity contribution in [2.75, 3.05) is 20.1 Å². The van der Waals surface area contributed by atoms with Crippen molar-refractivity contribution in [1.29, 1.82) is 0 Å². The summed E-state index contributed by atoms with van der Waals surface area (Å²) in [5.74, 6) is -0.694. The Morgan fingerprint density at radius 2 is 2.26 bits per heavy atom. The fourth-order valence-corrected chi connectivity index (χ4v) is 2.56. The van der Waals surface area contributed by atoms with E-state index in [1.807, 2.05) is 7.05 Å². The van der Waals surface area contributed by atoms with E-state index in [-0.39, 0.29) is 23.9 Å². The first-order valence-corrected chi connectivity index (χ1v) is 6.82. The lowest BCUT2D eigenvalue weighted by molar-refractivity contribution is 0.0693. The lowest BCUT2D eigenvalue weighted by atomic mass is 10.0. The number of halogens is 3. The van der Waals surface area contributed by atoms with Crippen LogP contribution in [0.2, 0.25) is 0 Å². The molecule has 0 aromatic heterocycles. The average molecular weight is 352 g/mol. The molecule has 1 aliphatic heterocycles. The van der Waals surface area contributed by atoms with Crippen molar-refractivity contribution in [2.45, 2.75) is 18.9 Å². The Bertz CT molecular complexity index is 458. The minimum absolute atomic E-state index is 0. The van der Waals surface area contributed by atoms with Gasteiger partial charge in [-0.25, -0.2) is 4.39 Å². The Morgan fingerprint density at radius 1 is 1.53 bits per heavy atom. The van der Waals surface area contributed by atoms with Gasteiger partial charge >= 0.3 is 0 Å². The number of likely N-dealkylation sites (N-methyl/N-ethyl adjacent to an activating group) is 1. The van der Waals surface area contributed by atoms with Crippen LogP contribution >= 0.6 is 28.3 Å². The topological polar surface area (TPSA) is 32.3 Å². The molecule has 1 saturated heterocycles. The maximum Gasteiger partial charge on any atom is 0.256 e. The van der Waals surface area contributed by atoms with Crippen LogP contribution < -0.4 is 5.32 Å². The van der Waals surface area contributed by atoms with E-state index in [1.54, 1.807) is 11.0 Å². The second-order valence-corrected chi connectivity index (χ2v) is 5.42. The summed E-state index contributed by atoms with van der Waals surface area (Å²) >= 11 is 3.19. The maximum atomic E-state index is 13.7. The molecule has 1 heterocycles. The number of amides is 1. The molecule has 0 aliphatic carbocycles. The van der Waals surface area contributed by atoms with Crippen molar-refractivity contribution >= 4 is 34.2 Å². The Morgan fingerprint density at radius 3 is 2.89 bits per heavy atom. The Kier molecular flexibility index (Phi) is 6.23. The highest BCUT2D eigenvalue weighted by Crippen LogP contribution is 2.19. The first-order chi connectivity index (χ1) is 8.61. The molecule has 106 valence electrons. The van der Waals surface area contributed by atoms with Crippen LogP contribution in [0.25, 0.3) is 0 Å². The van der Waals surface area contributed by atoms with Gasteiger partial charge in [0.25, 0.3) is 5.91 Å². The van der Waals surface area contributed by atoms with Gasteiger partial charge in [0.1, 0.15) is 5.82 Å². The predicted octanol–water partition coefficient (Wildman–Crippen LogP) is 2.83. The van der Waals surface area contributed by atoms with Gasteiger partial charge in [0.2, 0.25) is 0 Å². The molecule has 19 heavy (non-hydrogen) atoms. The molecule has 6 heteroatoms. The van der Waals surface area contributed by atoms with Crippen molar-refractivity contribution in [3.05, 3.63) is 34.1 Å². The molecular formula is C13H17BrClFN2O. The molecule has 3 nitrogen and oxygen atoms in total. The van der Waals surface area contributed by atoms with Gasteiger partial charge in [0.15, 0.2) is 0 Å². The SMILES string of the molecule is CNC1CCCN(C(=O)c2ccc(Br)cc2F)C1.Cl. The summed E-state index contributed by atoms with van der Waals surface area (Å²) in [7, 11) is 1.89. The highest BCUT2D eigenvalue weighted by Gasteiger charge is 2.25. The molecule has 0 saturated carbocycles. The van der Waals surface area contributed by atoms with E-state index >= 15 is 0 Å². The Balaban J connectivity index is 0.00000180.